The molecule has 0 aliphatic rings. The van der Waals surface area contributed by atoms with Crippen molar-refractivity contribution < 1.29 is 0 Å². The molecule has 0 saturated carbocycles. The van der Waals surface area contributed by atoms with Gasteiger partial charge in [0.25, 0.3) is 0 Å². The Bertz CT molecular complexity index is 766. The highest BCUT2D eigenvalue weighted by Crippen LogP contribution is 2.21. The lowest BCUT2D eigenvalue weighted by Gasteiger charge is -2.21. The zero-order chi connectivity index (χ0) is 14.8. The van der Waals surface area contributed by atoms with Gasteiger partial charge in [-0.25, -0.2) is 4.98 Å². The number of hydrogen-bond acceptors (Lipinski definition) is 3. The Labute approximate surface area is 128 Å². The second-order valence-corrected chi connectivity index (χ2v) is 5.47. The number of benzene rings is 1. The lowest BCUT2D eigenvalue weighted by atomic mass is 10.1. The van der Waals surface area contributed by atoms with E-state index < -0.39 is 0 Å². The number of para-hydroxylation sites is 1. The van der Waals surface area contributed by atoms with Crippen LogP contribution in [0, 0.1) is 0 Å². The zero-order valence-electron chi connectivity index (χ0n) is 11.8. The molecule has 2 N–H and O–H groups in total. The first kappa shape index (κ1) is 13.9. The van der Waals surface area contributed by atoms with E-state index >= 15 is 0 Å². The van der Waals surface area contributed by atoms with Gasteiger partial charge in [-0.3, -0.25) is 0 Å². The molecule has 0 saturated heterocycles. The predicted molar refractivity (Wildman–Crippen MR) is 86.6 cm³/mol. The van der Waals surface area contributed by atoms with Crippen LogP contribution in [-0.4, -0.2) is 16.4 Å². The Morgan fingerprint density at radius 3 is 2.81 bits per heavy atom. The molecule has 0 atom stereocenters. The fraction of sp³-hybridized carbons (Fsp3) is 0.188. The van der Waals surface area contributed by atoms with Crippen LogP contribution in [0.5, 0.6) is 0 Å². The van der Waals surface area contributed by atoms with Crippen LogP contribution in [-0.2, 0) is 13.1 Å². The molecule has 1 aromatic carbocycles. The molecule has 0 amide bonds. The van der Waals surface area contributed by atoms with Gasteiger partial charge in [-0.15, -0.1) is 0 Å². The highest BCUT2D eigenvalue weighted by Gasteiger charge is 2.09. The molecule has 3 rings (SSSR count). The van der Waals surface area contributed by atoms with Crippen molar-refractivity contribution in [3.05, 3.63) is 65.1 Å². The molecule has 0 radical (unpaired) electrons. The van der Waals surface area contributed by atoms with E-state index in [2.05, 4.69) is 22.0 Å². The van der Waals surface area contributed by atoms with E-state index in [0.717, 1.165) is 29.1 Å². The minimum Gasteiger partial charge on any atom is -0.368 e. The SMILES string of the molecule is CN(Cc1cn2cc(Cl)ccc2n1)c1ccccc1CN. The van der Waals surface area contributed by atoms with Crippen LogP contribution >= 0.6 is 11.6 Å². The number of hydrogen-bond donors (Lipinski definition) is 1. The smallest absolute Gasteiger partial charge is 0.137 e. The fourth-order valence-electron chi connectivity index (χ4n) is 2.48. The van der Waals surface area contributed by atoms with Crippen molar-refractivity contribution >= 4 is 22.9 Å². The van der Waals surface area contributed by atoms with Crippen molar-refractivity contribution in [2.45, 2.75) is 13.1 Å². The first-order chi connectivity index (χ1) is 10.2. The van der Waals surface area contributed by atoms with E-state index in [1.165, 1.54) is 0 Å². The maximum atomic E-state index is 6.00. The van der Waals surface area contributed by atoms with Gasteiger partial charge in [0.15, 0.2) is 0 Å². The second-order valence-electron chi connectivity index (χ2n) is 5.03. The summed E-state index contributed by atoms with van der Waals surface area (Å²) in [6.07, 6.45) is 3.87. The molecule has 5 heteroatoms. The molecule has 3 aromatic rings. The summed E-state index contributed by atoms with van der Waals surface area (Å²) in [4.78, 5) is 6.76. The second kappa shape index (κ2) is 5.76. The number of anilines is 1. The summed E-state index contributed by atoms with van der Waals surface area (Å²) in [5.74, 6) is 0. The first-order valence-electron chi connectivity index (χ1n) is 6.79. The van der Waals surface area contributed by atoms with Gasteiger partial charge in [-0.05, 0) is 23.8 Å². The molecule has 2 heterocycles. The number of imidazole rings is 1. The number of aromatic nitrogens is 2. The summed E-state index contributed by atoms with van der Waals surface area (Å²) in [7, 11) is 2.05. The summed E-state index contributed by atoms with van der Waals surface area (Å²) in [6.45, 7) is 1.25. The monoisotopic (exact) mass is 300 g/mol. The molecule has 0 spiro atoms. The van der Waals surface area contributed by atoms with Gasteiger partial charge >= 0.3 is 0 Å². The standard InChI is InChI=1S/C16H17ClN4/c1-20(15-5-3-2-4-12(15)8-18)10-14-11-21-9-13(17)6-7-16(21)19-14/h2-7,9,11H,8,10,18H2,1H3. The number of pyridine rings is 1. The minimum atomic E-state index is 0.529. The van der Waals surface area contributed by atoms with E-state index in [1.54, 1.807) is 0 Å². The normalized spacial score (nSPS) is 11.0. The van der Waals surface area contributed by atoms with Crippen molar-refractivity contribution in [2.75, 3.05) is 11.9 Å². The van der Waals surface area contributed by atoms with Gasteiger partial charge in [0.05, 0.1) is 17.3 Å². The molecule has 4 nitrogen and oxygen atoms in total. The van der Waals surface area contributed by atoms with Gasteiger partial charge in [-0.2, -0.15) is 0 Å². The Kier molecular flexibility index (Phi) is 3.82. The molecule has 2 aromatic heterocycles. The van der Waals surface area contributed by atoms with Crippen molar-refractivity contribution in [3.8, 4) is 0 Å². The molecular weight excluding hydrogens is 284 g/mol. The van der Waals surface area contributed by atoms with Crippen LogP contribution in [0.15, 0.2) is 48.8 Å². The van der Waals surface area contributed by atoms with Crippen LogP contribution in [0.4, 0.5) is 5.69 Å². The third kappa shape index (κ3) is 2.86. The van der Waals surface area contributed by atoms with Crippen LogP contribution in [0.1, 0.15) is 11.3 Å². The lowest BCUT2D eigenvalue weighted by molar-refractivity contribution is 0.881. The Hall–Kier alpha value is -2.04. The summed E-state index contributed by atoms with van der Waals surface area (Å²) in [5.41, 5.74) is 9.95. The van der Waals surface area contributed by atoms with Crippen molar-refractivity contribution in [2.24, 2.45) is 5.73 Å². The van der Waals surface area contributed by atoms with Crippen LogP contribution in [0.25, 0.3) is 5.65 Å². The van der Waals surface area contributed by atoms with E-state index in [0.29, 0.717) is 11.6 Å². The Morgan fingerprint density at radius 1 is 1.19 bits per heavy atom. The molecule has 0 bridgehead atoms. The largest absolute Gasteiger partial charge is 0.368 e. The topological polar surface area (TPSA) is 46.6 Å². The number of rotatable bonds is 4. The fourth-order valence-corrected chi connectivity index (χ4v) is 2.65. The number of fused-ring (bicyclic) bond motifs is 1. The van der Waals surface area contributed by atoms with E-state index in [-0.39, 0.29) is 0 Å². The van der Waals surface area contributed by atoms with Crippen LogP contribution in [0.3, 0.4) is 0 Å². The van der Waals surface area contributed by atoms with Crippen molar-refractivity contribution in [1.82, 2.24) is 9.38 Å². The van der Waals surface area contributed by atoms with Gasteiger partial charge in [-0.1, -0.05) is 29.8 Å². The third-order valence-corrected chi connectivity index (χ3v) is 3.71. The van der Waals surface area contributed by atoms with Gasteiger partial charge < -0.3 is 15.0 Å². The van der Waals surface area contributed by atoms with Gasteiger partial charge in [0.2, 0.25) is 0 Å². The number of nitrogens with zero attached hydrogens (tertiary/aromatic N) is 3. The molecule has 0 fully saturated rings. The molecule has 0 aliphatic carbocycles. The molecule has 108 valence electrons. The average Bonchev–Trinajstić information content (AvgIpc) is 2.88. The van der Waals surface area contributed by atoms with Crippen LogP contribution in [0.2, 0.25) is 5.02 Å². The summed E-state index contributed by atoms with van der Waals surface area (Å²) < 4.78 is 1.94. The predicted octanol–water partition coefficient (Wildman–Crippen LogP) is 3.08. The minimum absolute atomic E-state index is 0.529. The highest BCUT2D eigenvalue weighted by molar-refractivity contribution is 6.30. The molecular formula is C16H17ClN4. The maximum Gasteiger partial charge on any atom is 0.137 e. The summed E-state index contributed by atoms with van der Waals surface area (Å²) in [5, 5.41) is 0.702. The number of halogens is 1. The zero-order valence-corrected chi connectivity index (χ0v) is 12.6. The van der Waals surface area contributed by atoms with E-state index in [9.17, 15) is 0 Å². The molecule has 0 unspecified atom stereocenters. The molecule has 21 heavy (non-hydrogen) atoms. The van der Waals surface area contributed by atoms with Gasteiger partial charge in [0.1, 0.15) is 5.65 Å². The van der Waals surface area contributed by atoms with Gasteiger partial charge in [0, 0.05) is 31.7 Å². The van der Waals surface area contributed by atoms with E-state index in [4.69, 9.17) is 17.3 Å². The first-order valence-corrected chi connectivity index (χ1v) is 7.17. The van der Waals surface area contributed by atoms with Crippen molar-refractivity contribution in [3.63, 3.8) is 0 Å². The lowest BCUT2D eigenvalue weighted by Crippen LogP contribution is -2.19. The van der Waals surface area contributed by atoms with E-state index in [1.807, 2.05) is 48.1 Å². The summed E-state index contributed by atoms with van der Waals surface area (Å²) in [6, 6.07) is 11.9. The highest BCUT2D eigenvalue weighted by atomic mass is 35.5. The quantitative estimate of drug-likeness (QED) is 0.805. The van der Waals surface area contributed by atoms with Crippen LogP contribution < -0.4 is 10.6 Å². The Morgan fingerprint density at radius 2 is 2.00 bits per heavy atom. The average molecular weight is 301 g/mol. The number of nitrogens with two attached hydrogens (primary N) is 1. The third-order valence-electron chi connectivity index (χ3n) is 3.49. The molecule has 0 aliphatic heterocycles. The summed E-state index contributed by atoms with van der Waals surface area (Å²) >= 11 is 6.00. The Balaban J connectivity index is 1.87. The van der Waals surface area contributed by atoms with Crippen molar-refractivity contribution in [1.29, 1.82) is 0 Å². The maximum absolute atomic E-state index is 6.00.